The number of anilines is 1. The van der Waals surface area contributed by atoms with Crippen molar-refractivity contribution in [3.63, 3.8) is 0 Å². The van der Waals surface area contributed by atoms with Gasteiger partial charge in [0.15, 0.2) is 16.3 Å². The Morgan fingerprint density at radius 3 is 2.65 bits per heavy atom. The Bertz CT molecular complexity index is 1460. The molecule has 2 aromatic carbocycles. The fraction of sp³-hybridized carbons (Fsp3) is 0.130. The average Bonchev–Trinajstić information content (AvgIpc) is 3.26. The molecular weight excluding hydrogens is 480 g/mol. The summed E-state index contributed by atoms with van der Waals surface area (Å²) in [6.07, 6.45) is 0. The Balaban J connectivity index is 1.81. The summed E-state index contributed by atoms with van der Waals surface area (Å²) in [6, 6.07) is 13.6. The molecule has 1 aliphatic rings. The number of carbonyl (C=O) groups is 2. The number of aromatic nitrogens is 1. The smallest absolute Gasteiger partial charge is 0.297 e. The summed E-state index contributed by atoms with van der Waals surface area (Å²) in [6.45, 7) is 3.20. The van der Waals surface area contributed by atoms with Crippen molar-refractivity contribution >= 4 is 55.1 Å². The topological polar surface area (TPSA) is 80.5 Å². The molecule has 3 heterocycles. The first-order valence-corrected chi connectivity index (χ1v) is 11.1. The molecule has 0 fully saturated rings. The summed E-state index contributed by atoms with van der Waals surface area (Å²) in [5.74, 6) is -0.568. The first-order valence-electron chi connectivity index (χ1n) is 9.50. The van der Waals surface area contributed by atoms with Crippen LogP contribution in [0.15, 0.2) is 62.2 Å². The lowest BCUT2D eigenvalue weighted by Crippen LogP contribution is -2.29. The quantitative estimate of drug-likeness (QED) is 0.362. The molecule has 8 heteroatoms. The number of Topliss-reactive ketones (excluding diaryl/α,β-unsaturated/α-hetero) is 1. The van der Waals surface area contributed by atoms with Gasteiger partial charge in [-0.3, -0.25) is 19.3 Å². The van der Waals surface area contributed by atoms with Gasteiger partial charge in [-0.05, 0) is 36.8 Å². The largest absolute Gasteiger partial charge is 0.450 e. The van der Waals surface area contributed by atoms with Crippen LogP contribution in [0.3, 0.4) is 0 Å². The van der Waals surface area contributed by atoms with Crippen LogP contribution in [-0.2, 0) is 0 Å². The predicted molar refractivity (Wildman–Crippen MR) is 122 cm³/mol. The Morgan fingerprint density at radius 2 is 1.94 bits per heavy atom. The van der Waals surface area contributed by atoms with Crippen molar-refractivity contribution in [1.82, 2.24) is 4.98 Å². The Kier molecular flexibility index (Phi) is 4.64. The fourth-order valence-electron chi connectivity index (χ4n) is 3.92. The third-order valence-corrected chi connectivity index (χ3v) is 7.00. The number of hydrogen-bond acceptors (Lipinski definition) is 6. The first kappa shape index (κ1) is 19.8. The predicted octanol–water partition coefficient (Wildman–Crippen LogP) is 5.27. The summed E-state index contributed by atoms with van der Waals surface area (Å²) in [7, 11) is 0. The van der Waals surface area contributed by atoms with E-state index in [1.165, 1.54) is 11.8 Å². The maximum absolute atomic E-state index is 13.5. The van der Waals surface area contributed by atoms with E-state index in [0.717, 1.165) is 21.4 Å². The van der Waals surface area contributed by atoms with Gasteiger partial charge in [0.25, 0.3) is 5.91 Å². The number of benzene rings is 2. The second-order valence-electron chi connectivity index (χ2n) is 7.27. The molecule has 0 spiro atoms. The molecule has 0 aliphatic carbocycles. The highest BCUT2D eigenvalue weighted by atomic mass is 79.9. The van der Waals surface area contributed by atoms with E-state index in [1.807, 2.05) is 24.3 Å². The summed E-state index contributed by atoms with van der Waals surface area (Å²) < 4.78 is 6.74. The van der Waals surface area contributed by atoms with Crippen molar-refractivity contribution in [2.75, 3.05) is 4.90 Å². The summed E-state index contributed by atoms with van der Waals surface area (Å²) >= 11 is 4.61. The van der Waals surface area contributed by atoms with Crippen LogP contribution in [0.25, 0.3) is 11.0 Å². The minimum Gasteiger partial charge on any atom is -0.450 e. The second kappa shape index (κ2) is 7.25. The van der Waals surface area contributed by atoms with Gasteiger partial charge in [0.1, 0.15) is 5.58 Å². The number of aryl methyl sites for hydroxylation is 1. The molecule has 2 aromatic heterocycles. The Morgan fingerprint density at radius 1 is 1.16 bits per heavy atom. The molecule has 4 aromatic rings. The molecule has 0 saturated carbocycles. The molecule has 0 N–H and O–H groups in total. The van der Waals surface area contributed by atoms with Crippen molar-refractivity contribution in [3.8, 4) is 0 Å². The third kappa shape index (κ3) is 3.05. The van der Waals surface area contributed by atoms with Gasteiger partial charge in [0, 0.05) is 11.4 Å². The van der Waals surface area contributed by atoms with Crippen molar-refractivity contribution in [3.05, 3.63) is 90.7 Å². The molecule has 1 atom stereocenters. The molecule has 31 heavy (non-hydrogen) atoms. The van der Waals surface area contributed by atoms with E-state index in [2.05, 4.69) is 20.9 Å². The highest BCUT2D eigenvalue weighted by Gasteiger charge is 2.45. The maximum Gasteiger partial charge on any atom is 0.297 e. The van der Waals surface area contributed by atoms with Gasteiger partial charge < -0.3 is 4.42 Å². The van der Waals surface area contributed by atoms with E-state index in [0.29, 0.717) is 26.7 Å². The number of para-hydroxylation sites is 1. The second-order valence-corrected chi connectivity index (χ2v) is 9.16. The van der Waals surface area contributed by atoms with Gasteiger partial charge in [-0.2, -0.15) is 0 Å². The number of rotatable bonds is 3. The molecule has 1 aliphatic heterocycles. The van der Waals surface area contributed by atoms with Gasteiger partial charge in [0.2, 0.25) is 5.76 Å². The van der Waals surface area contributed by atoms with Crippen LogP contribution in [0.2, 0.25) is 0 Å². The molecule has 6 nitrogen and oxygen atoms in total. The monoisotopic (exact) mass is 494 g/mol. The third-order valence-electron chi connectivity index (χ3n) is 5.25. The number of amides is 1. The van der Waals surface area contributed by atoms with Crippen LogP contribution in [-0.4, -0.2) is 16.7 Å². The normalized spacial score (nSPS) is 15.5. The van der Waals surface area contributed by atoms with Crippen molar-refractivity contribution in [2.24, 2.45) is 0 Å². The van der Waals surface area contributed by atoms with Crippen molar-refractivity contribution in [1.29, 1.82) is 0 Å². The zero-order chi connectivity index (χ0) is 21.9. The lowest BCUT2D eigenvalue weighted by Gasteiger charge is -2.22. The van der Waals surface area contributed by atoms with Crippen LogP contribution in [0.5, 0.6) is 0 Å². The molecule has 0 saturated heterocycles. The molecule has 0 radical (unpaired) electrons. The molecular formula is C23H15BrN2O4S. The van der Waals surface area contributed by atoms with Crippen LogP contribution >= 0.6 is 27.3 Å². The number of carbonyl (C=O) groups excluding carboxylic acids is 2. The maximum atomic E-state index is 13.5. The van der Waals surface area contributed by atoms with Crippen molar-refractivity contribution < 1.29 is 14.0 Å². The minimum atomic E-state index is -0.716. The van der Waals surface area contributed by atoms with Crippen LogP contribution in [0.4, 0.5) is 5.13 Å². The lowest BCUT2D eigenvalue weighted by molar-refractivity contribution is 0.0969. The van der Waals surface area contributed by atoms with Gasteiger partial charge in [-0.15, -0.1) is 0 Å². The first-order chi connectivity index (χ1) is 14.9. The Labute approximate surface area is 189 Å². The van der Waals surface area contributed by atoms with E-state index >= 15 is 0 Å². The summed E-state index contributed by atoms with van der Waals surface area (Å²) in [5, 5.41) is 0.767. The zero-order valence-electron chi connectivity index (χ0n) is 16.5. The van der Waals surface area contributed by atoms with E-state index in [1.54, 1.807) is 31.2 Å². The van der Waals surface area contributed by atoms with Crippen LogP contribution in [0.1, 0.15) is 50.0 Å². The number of halogens is 1. The van der Waals surface area contributed by atoms with E-state index in [4.69, 9.17) is 4.42 Å². The van der Waals surface area contributed by atoms with E-state index in [9.17, 15) is 14.4 Å². The van der Waals surface area contributed by atoms with Crippen molar-refractivity contribution in [2.45, 2.75) is 19.9 Å². The number of ketones is 1. The van der Waals surface area contributed by atoms with Gasteiger partial charge >= 0.3 is 0 Å². The number of thiazole rings is 1. The number of fused-ring (bicyclic) bond motifs is 2. The Hall–Kier alpha value is -3.10. The van der Waals surface area contributed by atoms with Gasteiger partial charge in [-0.25, -0.2) is 4.98 Å². The molecule has 0 bridgehead atoms. The highest BCUT2D eigenvalue weighted by Crippen LogP contribution is 2.43. The summed E-state index contributed by atoms with van der Waals surface area (Å²) in [4.78, 5) is 45.4. The van der Waals surface area contributed by atoms with Gasteiger partial charge in [0.05, 0.1) is 27.6 Å². The van der Waals surface area contributed by atoms with E-state index < -0.39 is 11.9 Å². The lowest BCUT2D eigenvalue weighted by atomic mass is 9.99. The molecule has 154 valence electrons. The average molecular weight is 495 g/mol. The van der Waals surface area contributed by atoms with Crippen LogP contribution in [0, 0.1) is 6.92 Å². The molecule has 5 rings (SSSR count). The van der Waals surface area contributed by atoms with Crippen LogP contribution < -0.4 is 10.3 Å². The van der Waals surface area contributed by atoms with Gasteiger partial charge in [-0.1, -0.05) is 51.5 Å². The highest BCUT2D eigenvalue weighted by molar-refractivity contribution is 9.10. The summed E-state index contributed by atoms with van der Waals surface area (Å²) in [5.41, 5.74) is 1.67. The standard InChI is InChI=1S/C23H15BrN2O4S/c1-11-21(12(2)27)31-23(25-11)26-18(13-6-5-7-14(24)10-13)17-19(28)15-8-3-4-9-16(15)30-20(17)22(26)29/h3-10,18H,1-2H3/t18-/m0/s1. The van der Waals surface area contributed by atoms with E-state index in [-0.39, 0.29) is 22.5 Å². The molecule has 1 amide bonds. The fourth-order valence-corrected chi connectivity index (χ4v) is 5.33. The zero-order valence-corrected chi connectivity index (χ0v) is 18.9. The molecule has 0 unspecified atom stereocenters. The SMILES string of the molecule is CC(=O)c1sc(N2C(=O)c3oc4ccccc4c(=O)c3[C@@H]2c2cccc(Br)c2)nc1C. The number of nitrogens with zero attached hydrogens (tertiary/aromatic N) is 2. The minimum absolute atomic E-state index is 0.00547. The number of hydrogen-bond donors (Lipinski definition) is 0.